The van der Waals surface area contributed by atoms with Crippen LogP contribution in [0.15, 0.2) is 59.0 Å². The Morgan fingerprint density at radius 1 is 1.08 bits per heavy atom. The predicted octanol–water partition coefficient (Wildman–Crippen LogP) is 4.64. The number of thiophene rings is 1. The van der Waals surface area contributed by atoms with Crippen LogP contribution in [0.3, 0.4) is 0 Å². The van der Waals surface area contributed by atoms with E-state index in [1.807, 2.05) is 10.9 Å². The van der Waals surface area contributed by atoms with E-state index in [0.717, 1.165) is 17.2 Å². The van der Waals surface area contributed by atoms with Crippen LogP contribution in [-0.2, 0) is 0 Å². The fourth-order valence-electron chi connectivity index (χ4n) is 3.24. The van der Waals surface area contributed by atoms with E-state index in [1.54, 1.807) is 11.3 Å². The Morgan fingerprint density at radius 2 is 1.88 bits per heavy atom. The van der Waals surface area contributed by atoms with E-state index in [0.29, 0.717) is 0 Å². The second kappa shape index (κ2) is 5.91. The minimum Gasteiger partial charge on any atom is -0.347 e. The summed E-state index contributed by atoms with van der Waals surface area (Å²) in [4.78, 5) is 8.42. The lowest BCUT2D eigenvalue weighted by molar-refractivity contribution is 0.420. The van der Waals surface area contributed by atoms with Crippen LogP contribution in [0.25, 0.3) is 0 Å². The van der Waals surface area contributed by atoms with E-state index in [1.165, 1.54) is 10.4 Å². The van der Waals surface area contributed by atoms with Crippen molar-refractivity contribution < 1.29 is 0 Å². The van der Waals surface area contributed by atoms with Crippen LogP contribution in [0.1, 0.15) is 41.9 Å². The smallest absolute Gasteiger partial charge is 0.158 e. The first-order valence-corrected chi connectivity index (χ1v) is 9.02. The molecule has 4 nitrogen and oxygen atoms in total. The summed E-state index contributed by atoms with van der Waals surface area (Å²) in [6.07, 6.45) is 1.97. The van der Waals surface area contributed by atoms with Gasteiger partial charge in [0.25, 0.3) is 0 Å². The van der Waals surface area contributed by atoms with Crippen molar-refractivity contribution in [3.63, 3.8) is 0 Å². The second-order valence-electron chi connectivity index (χ2n) is 6.30. The maximum absolute atomic E-state index is 4.98. The minimum atomic E-state index is 0.128. The highest BCUT2D eigenvalue weighted by Gasteiger charge is 2.32. The number of aliphatic imine (C=N–C) groups is 1. The van der Waals surface area contributed by atoms with Crippen LogP contribution in [-0.4, -0.2) is 27.6 Å². The van der Waals surface area contributed by atoms with Gasteiger partial charge in [-0.15, -0.1) is 11.3 Å². The van der Waals surface area contributed by atoms with Gasteiger partial charge in [-0.25, -0.2) is 9.67 Å². The van der Waals surface area contributed by atoms with Gasteiger partial charge < -0.3 is 4.90 Å². The van der Waals surface area contributed by atoms with Gasteiger partial charge >= 0.3 is 0 Å². The molecule has 0 aliphatic carbocycles. The Balaban J connectivity index is 1.92. The molecule has 0 N–H and O–H groups in total. The van der Waals surface area contributed by atoms with Gasteiger partial charge in [-0.1, -0.05) is 36.4 Å². The van der Waals surface area contributed by atoms with Crippen molar-refractivity contribution in [1.29, 1.82) is 0 Å². The van der Waals surface area contributed by atoms with Gasteiger partial charge in [0.2, 0.25) is 0 Å². The molecule has 1 aliphatic heterocycles. The second-order valence-corrected chi connectivity index (χ2v) is 7.25. The molecule has 0 fully saturated rings. The average Bonchev–Trinajstić information content (AvgIpc) is 3.24. The molecule has 4 rings (SSSR count). The highest BCUT2D eigenvalue weighted by molar-refractivity contribution is 7.12. The Kier molecular flexibility index (Phi) is 3.73. The van der Waals surface area contributed by atoms with E-state index in [2.05, 4.69) is 78.7 Å². The number of nitrogens with zero attached hydrogens (tertiary/aromatic N) is 4. The first-order chi connectivity index (χ1) is 11.7. The van der Waals surface area contributed by atoms with Crippen molar-refractivity contribution in [2.75, 3.05) is 7.05 Å². The lowest BCUT2D eigenvalue weighted by Gasteiger charge is -2.34. The van der Waals surface area contributed by atoms with Gasteiger partial charge in [0.1, 0.15) is 5.84 Å². The van der Waals surface area contributed by atoms with Crippen molar-refractivity contribution in [1.82, 2.24) is 14.7 Å². The molecule has 3 heterocycles. The lowest BCUT2D eigenvalue weighted by Crippen LogP contribution is -2.34. The van der Waals surface area contributed by atoms with Crippen LogP contribution >= 0.6 is 11.3 Å². The molecule has 3 aromatic rings. The normalized spacial score (nSPS) is 17.1. The molecule has 122 valence electrons. The van der Waals surface area contributed by atoms with E-state index < -0.39 is 0 Å². The SMILES string of the molecule is CC(C)n1ncc2c1N=C(c1cccs1)N(C)[C@@H]2c1ccccc1. The zero-order valence-corrected chi connectivity index (χ0v) is 14.9. The quantitative estimate of drug-likeness (QED) is 0.698. The summed E-state index contributed by atoms with van der Waals surface area (Å²) in [5, 5.41) is 6.71. The molecule has 5 heteroatoms. The molecule has 0 saturated heterocycles. The fraction of sp³-hybridized carbons (Fsp3) is 0.263. The molecule has 1 aromatic carbocycles. The van der Waals surface area contributed by atoms with E-state index in [4.69, 9.17) is 4.99 Å². The molecule has 0 saturated carbocycles. The van der Waals surface area contributed by atoms with Crippen molar-refractivity contribution in [3.05, 3.63) is 70.0 Å². The molecule has 1 atom stereocenters. The Hall–Kier alpha value is -2.40. The highest BCUT2D eigenvalue weighted by Crippen LogP contribution is 2.40. The monoisotopic (exact) mass is 336 g/mol. The van der Waals surface area contributed by atoms with E-state index in [9.17, 15) is 0 Å². The summed E-state index contributed by atoms with van der Waals surface area (Å²) in [6, 6.07) is 15.2. The lowest BCUT2D eigenvalue weighted by atomic mass is 9.97. The maximum atomic E-state index is 4.98. The summed E-state index contributed by atoms with van der Waals surface area (Å²) < 4.78 is 2.02. The van der Waals surface area contributed by atoms with E-state index in [-0.39, 0.29) is 12.1 Å². The predicted molar refractivity (Wildman–Crippen MR) is 99.2 cm³/mol. The number of hydrogen-bond acceptors (Lipinski definition) is 4. The van der Waals surface area contributed by atoms with Crippen molar-refractivity contribution in [3.8, 4) is 0 Å². The first-order valence-electron chi connectivity index (χ1n) is 8.14. The molecular formula is C19H20N4S. The molecular weight excluding hydrogens is 316 g/mol. The fourth-order valence-corrected chi connectivity index (χ4v) is 3.99. The van der Waals surface area contributed by atoms with Crippen LogP contribution in [0.2, 0.25) is 0 Å². The summed E-state index contributed by atoms with van der Waals surface area (Å²) >= 11 is 1.72. The number of aromatic nitrogens is 2. The minimum absolute atomic E-state index is 0.128. The van der Waals surface area contributed by atoms with Crippen LogP contribution < -0.4 is 0 Å². The summed E-state index contributed by atoms with van der Waals surface area (Å²) in [5.74, 6) is 1.98. The van der Waals surface area contributed by atoms with Crippen LogP contribution in [0, 0.1) is 0 Å². The molecule has 1 aliphatic rings. The van der Waals surface area contributed by atoms with Crippen LogP contribution in [0.5, 0.6) is 0 Å². The summed E-state index contributed by atoms with van der Waals surface area (Å²) in [7, 11) is 2.12. The Bertz CT molecular complexity index is 862. The van der Waals surface area contributed by atoms with Crippen molar-refractivity contribution >= 4 is 23.0 Å². The first kappa shape index (κ1) is 15.1. The van der Waals surface area contributed by atoms with Crippen LogP contribution in [0.4, 0.5) is 5.82 Å². The van der Waals surface area contributed by atoms with Crippen molar-refractivity contribution in [2.24, 2.45) is 4.99 Å². The third-order valence-corrected chi connectivity index (χ3v) is 5.24. The van der Waals surface area contributed by atoms with Gasteiger partial charge in [0.15, 0.2) is 5.82 Å². The summed E-state index contributed by atoms with van der Waals surface area (Å²) in [6.45, 7) is 4.28. The number of amidine groups is 1. The molecule has 0 amide bonds. The summed E-state index contributed by atoms with van der Waals surface area (Å²) in [5.41, 5.74) is 2.42. The third kappa shape index (κ3) is 2.36. The van der Waals surface area contributed by atoms with Gasteiger partial charge in [0, 0.05) is 18.7 Å². The third-order valence-electron chi connectivity index (χ3n) is 4.37. The number of rotatable bonds is 3. The number of fused-ring (bicyclic) bond motifs is 1. The van der Waals surface area contributed by atoms with E-state index >= 15 is 0 Å². The largest absolute Gasteiger partial charge is 0.347 e. The highest BCUT2D eigenvalue weighted by atomic mass is 32.1. The van der Waals surface area contributed by atoms with Gasteiger partial charge in [0.05, 0.1) is 17.1 Å². The molecule has 0 radical (unpaired) electrons. The molecule has 0 spiro atoms. The average molecular weight is 336 g/mol. The van der Waals surface area contributed by atoms with Gasteiger partial charge in [-0.05, 0) is 30.9 Å². The topological polar surface area (TPSA) is 33.4 Å². The zero-order valence-electron chi connectivity index (χ0n) is 14.0. The number of hydrogen-bond donors (Lipinski definition) is 0. The van der Waals surface area contributed by atoms with Gasteiger partial charge in [-0.3, -0.25) is 0 Å². The standard InChI is InChI=1S/C19H20N4S/c1-13(2)23-18-15(12-20-23)17(14-8-5-4-6-9-14)22(3)19(21-18)16-10-7-11-24-16/h4-13,17H,1-3H3/t17-/m1/s1. The Labute approximate surface area is 146 Å². The maximum Gasteiger partial charge on any atom is 0.158 e. The Morgan fingerprint density at radius 3 is 2.54 bits per heavy atom. The molecule has 2 aromatic heterocycles. The number of benzene rings is 1. The molecule has 24 heavy (non-hydrogen) atoms. The zero-order chi connectivity index (χ0) is 16.7. The van der Waals surface area contributed by atoms with Crippen molar-refractivity contribution in [2.45, 2.75) is 25.9 Å². The molecule has 0 bridgehead atoms. The van der Waals surface area contributed by atoms with Gasteiger partial charge in [-0.2, -0.15) is 5.10 Å². The molecule has 0 unspecified atom stereocenters.